The van der Waals surface area contributed by atoms with E-state index >= 15 is 0 Å². The Morgan fingerprint density at radius 1 is 1.47 bits per heavy atom. The van der Waals surface area contributed by atoms with Crippen LogP contribution in [0.15, 0.2) is 18.2 Å². The smallest absolute Gasteiger partial charge is 0.149 e. The molecule has 0 spiro atoms. The monoisotopic (exact) mass is 233 g/mol. The second kappa shape index (κ2) is 3.53. The first kappa shape index (κ1) is 10.7. The maximum Gasteiger partial charge on any atom is 0.149 e. The topological polar surface area (TPSA) is 29.9 Å². The van der Waals surface area contributed by atoms with Gasteiger partial charge in [-0.25, -0.2) is 9.37 Å². The van der Waals surface area contributed by atoms with Gasteiger partial charge in [-0.15, -0.1) is 0 Å². The Morgan fingerprint density at radius 3 is 2.94 bits per heavy atom. The predicted octanol–water partition coefficient (Wildman–Crippen LogP) is 1.96. The highest BCUT2D eigenvalue weighted by molar-refractivity contribution is 5.76. The number of fused-ring (bicyclic) bond motifs is 1. The number of rotatable bonds is 1. The Labute approximate surface area is 99.7 Å². The number of hydrogen-bond donors (Lipinski definition) is 1. The standard InChI is InChI=1S/C13H16FN3/c1-13(6-7-15-8-13)12-16-10-5-3-4-9(14)11(10)17(12)2/h3-5,15H,6-8H2,1-2H3. The zero-order chi connectivity index (χ0) is 12.0. The zero-order valence-electron chi connectivity index (χ0n) is 10.1. The molecule has 1 aliphatic heterocycles. The van der Waals surface area contributed by atoms with Crippen molar-refractivity contribution in [3.8, 4) is 0 Å². The molecule has 17 heavy (non-hydrogen) atoms. The van der Waals surface area contributed by atoms with Crippen molar-refractivity contribution in [2.75, 3.05) is 13.1 Å². The minimum absolute atomic E-state index is 0.0141. The highest BCUT2D eigenvalue weighted by atomic mass is 19.1. The number of nitrogens with one attached hydrogen (secondary N) is 1. The Bertz CT molecular complexity index is 567. The number of hydrogen-bond acceptors (Lipinski definition) is 2. The zero-order valence-corrected chi connectivity index (χ0v) is 10.1. The largest absolute Gasteiger partial charge is 0.328 e. The third-order valence-corrected chi connectivity index (χ3v) is 3.75. The number of para-hydroxylation sites is 1. The first-order valence-electron chi connectivity index (χ1n) is 5.94. The maximum absolute atomic E-state index is 13.8. The molecule has 90 valence electrons. The lowest BCUT2D eigenvalue weighted by atomic mass is 9.89. The van der Waals surface area contributed by atoms with E-state index in [1.54, 1.807) is 6.07 Å². The fourth-order valence-corrected chi connectivity index (χ4v) is 2.77. The van der Waals surface area contributed by atoms with Crippen molar-refractivity contribution < 1.29 is 4.39 Å². The van der Waals surface area contributed by atoms with E-state index in [1.807, 2.05) is 17.7 Å². The summed E-state index contributed by atoms with van der Waals surface area (Å²) in [6.45, 7) is 4.10. The lowest BCUT2D eigenvalue weighted by Crippen LogP contribution is -2.28. The molecule has 1 N–H and O–H groups in total. The summed E-state index contributed by atoms with van der Waals surface area (Å²) in [5.74, 6) is 0.779. The fourth-order valence-electron chi connectivity index (χ4n) is 2.77. The molecule has 1 aliphatic rings. The number of halogens is 1. The molecule has 1 saturated heterocycles. The summed E-state index contributed by atoms with van der Waals surface area (Å²) in [5.41, 5.74) is 1.37. The highest BCUT2D eigenvalue weighted by Crippen LogP contribution is 2.31. The summed E-state index contributed by atoms with van der Waals surface area (Å²) < 4.78 is 15.7. The molecule has 2 aromatic rings. The van der Waals surface area contributed by atoms with Gasteiger partial charge in [-0.3, -0.25) is 0 Å². The molecule has 0 bridgehead atoms. The average molecular weight is 233 g/mol. The first-order chi connectivity index (χ1) is 8.12. The van der Waals surface area contributed by atoms with Gasteiger partial charge in [0.15, 0.2) is 0 Å². The molecular weight excluding hydrogens is 217 g/mol. The van der Waals surface area contributed by atoms with Crippen molar-refractivity contribution in [2.45, 2.75) is 18.8 Å². The first-order valence-corrected chi connectivity index (χ1v) is 5.94. The maximum atomic E-state index is 13.8. The van der Waals surface area contributed by atoms with Crippen LogP contribution < -0.4 is 5.32 Å². The van der Waals surface area contributed by atoms with Gasteiger partial charge in [0.2, 0.25) is 0 Å². The molecule has 1 fully saturated rings. The Balaban J connectivity index is 2.24. The third-order valence-electron chi connectivity index (χ3n) is 3.75. The van der Waals surface area contributed by atoms with E-state index < -0.39 is 0 Å². The van der Waals surface area contributed by atoms with Crippen LogP contribution in [0.25, 0.3) is 11.0 Å². The molecule has 1 aromatic heterocycles. The summed E-state index contributed by atoms with van der Waals surface area (Å²) in [6.07, 6.45) is 1.05. The summed E-state index contributed by atoms with van der Waals surface area (Å²) >= 11 is 0. The van der Waals surface area contributed by atoms with Crippen molar-refractivity contribution in [3.63, 3.8) is 0 Å². The SMILES string of the molecule is Cn1c(C2(C)CCNC2)nc2cccc(F)c21. The van der Waals surface area contributed by atoms with Gasteiger partial charge in [0, 0.05) is 19.0 Å². The Kier molecular flexibility index (Phi) is 2.23. The van der Waals surface area contributed by atoms with Crippen LogP contribution in [0, 0.1) is 5.82 Å². The second-order valence-corrected chi connectivity index (χ2v) is 5.09. The average Bonchev–Trinajstić information content (AvgIpc) is 2.86. The molecule has 0 radical (unpaired) electrons. The van der Waals surface area contributed by atoms with Crippen molar-refractivity contribution in [2.24, 2.45) is 7.05 Å². The highest BCUT2D eigenvalue weighted by Gasteiger charge is 2.35. The molecule has 1 atom stereocenters. The normalized spacial score (nSPS) is 24.6. The number of aryl methyl sites for hydroxylation is 1. The molecule has 2 heterocycles. The van der Waals surface area contributed by atoms with E-state index in [9.17, 15) is 4.39 Å². The van der Waals surface area contributed by atoms with Crippen LogP contribution >= 0.6 is 0 Å². The molecule has 1 aromatic carbocycles. The van der Waals surface area contributed by atoms with Crippen molar-refractivity contribution in [3.05, 3.63) is 29.8 Å². The molecular formula is C13H16FN3. The van der Waals surface area contributed by atoms with Gasteiger partial charge >= 0.3 is 0 Å². The summed E-state index contributed by atoms with van der Waals surface area (Å²) in [7, 11) is 1.90. The van der Waals surface area contributed by atoms with Gasteiger partial charge < -0.3 is 9.88 Å². The van der Waals surface area contributed by atoms with Crippen LogP contribution in [0.3, 0.4) is 0 Å². The summed E-state index contributed by atoms with van der Waals surface area (Å²) in [6, 6.07) is 5.07. The Morgan fingerprint density at radius 2 is 2.29 bits per heavy atom. The summed E-state index contributed by atoms with van der Waals surface area (Å²) in [4.78, 5) is 4.61. The van der Waals surface area contributed by atoms with Crippen molar-refractivity contribution in [1.29, 1.82) is 0 Å². The molecule has 3 nitrogen and oxygen atoms in total. The lowest BCUT2D eigenvalue weighted by molar-refractivity contribution is 0.474. The van der Waals surface area contributed by atoms with E-state index in [-0.39, 0.29) is 11.2 Å². The second-order valence-electron chi connectivity index (χ2n) is 5.09. The van der Waals surface area contributed by atoms with Gasteiger partial charge in [-0.1, -0.05) is 13.0 Å². The summed E-state index contributed by atoms with van der Waals surface area (Å²) in [5, 5.41) is 3.35. The number of imidazole rings is 1. The molecule has 0 aliphatic carbocycles. The van der Waals surface area contributed by atoms with E-state index in [1.165, 1.54) is 6.07 Å². The van der Waals surface area contributed by atoms with E-state index in [0.717, 1.165) is 30.9 Å². The van der Waals surface area contributed by atoms with E-state index in [2.05, 4.69) is 17.2 Å². The van der Waals surface area contributed by atoms with Crippen LogP contribution in [-0.4, -0.2) is 22.6 Å². The Hall–Kier alpha value is -1.42. The van der Waals surface area contributed by atoms with E-state index in [0.29, 0.717) is 5.52 Å². The third kappa shape index (κ3) is 1.47. The van der Waals surface area contributed by atoms with Crippen LogP contribution in [0.1, 0.15) is 19.2 Å². The molecule has 0 amide bonds. The van der Waals surface area contributed by atoms with Crippen molar-refractivity contribution >= 4 is 11.0 Å². The number of aromatic nitrogens is 2. The van der Waals surface area contributed by atoms with Gasteiger partial charge in [-0.05, 0) is 25.1 Å². The van der Waals surface area contributed by atoms with Gasteiger partial charge in [-0.2, -0.15) is 0 Å². The van der Waals surface area contributed by atoms with Crippen molar-refractivity contribution in [1.82, 2.24) is 14.9 Å². The van der Waals surface area contributed by atoms with Gasteiger partial charge in [0.1, 0.15) is 17.2 Å². The van der Waals surface area contributed by atoms with E-state index in [4.69, 9.17) is 0 Å². The molecule has 1 unspecified atom stereocenters. The van der Waals surface area contributed by atoms with Crippen LogP contribution in [0.4, 0.5) is 4.39 Å². The van der Waals surface area contributed by atoms with Crippen LogP contribution in [0.2, 0.25) is 0 Å². The molecule has 4 heteroatoms. The minimum Gasteiger partial charge on any atom is -0.328 e. The minimum atomic E-state index is -0.196. The van der Waals surface area contributed by atoms with Gasteiger partial charge in [0.05, 0.1) is 5.52 Å². The van der Waals surface area contributed by atoms with Crippen LogP contribution in [-0.2, 0) is 12.5 Å². The number of benzene rings is 1. The lowest BCUT2D eigenvalue weighted by Gasteiger charge is -2.21. The quantitative estimate of drug-likeness (QED) is 0.816. The number of nitrogens with zero attached hydrogens (tertiary/aromatic N) is 2. The molecule has 3 rings (SSSR count). The molecule has 0 saturated carbocycles. The van der Waals surface area contributed by atoms with Crippen LogP contribution in [0.5, 0.6) is 0 Å². The fraction of sp³-hybridized carbons (Fsp3) is 0.462. The van der Waals surface area contributed by atoms with Gasteiger partial charge in [0.25, 0.3) is 0 Å². The predicted molar refractivity (Wildman–Crippen MR) is 65.5 cm³/mol.